The van der Waals surface area contributed by atoms with Crippen molar-refractivity contribution in [3.63, 3.8) is 0 Å². The second kappa shape index (κ2) is 6.75. The topological polar surface area (TPSA) is 58.7 Å². The largest absolute Gasteiger partial charge is 0.363 e. The second-order valence-electron chi connectivity index (χ2n) is 7.03. The summed E-state index contributed by atoms with van der Waals surface area (Å²) in [7, 11) is 0. The summed E-state index contributed by atoms with van der Waals surface area (Å²) in [5, 5.41) is 10.7. The van der Waals surface area contributed by atoms with Gasteiger partial charge in [0.1, 0.15) is 0 Å². The summed E-state index contributed by atoms with van der Waals surface area (Å²) in [4.78, 5) is 17.1. The van der Waals surface area contributed by atoms with Crippen LogP contribution in [0.3, 0.4) is 0 Å². The molecule has 5 nitrogen and oxygen atoms in total. The number of hydrogen-bond donors (Lipinski definition) is 0. The Morgan fingerprint density at radius 3 is 2.50 bits per heavy atom. The Kier molecular flexibility index (Phi) is 4.64. The third-order valence-corrected chi connectivity index (χ3v) is 4.74. The van der Waals surface area contributed by atoms with Crippen molar-refractivity contribution in [1.82, 2.24) is 0 Å². The molecule has 0 fully saturated rings. The number of nitro groups is 1. The van der Waals surface area contributed by atoms with Crippen LogP contribution < -0.4 is 4.90 Å². The van der Waals surface area contributed by atoms with Crippen molar-refractivity contribution >= 4 is 28.8 Å². The van der Waals surface area contributed by atoms with Crippen LogP contribution in [-0.2, 0) is 0 Å². The highest BCUT2D eigenvalue weighted by molar-refractivity contribution is 5.88. The molecule has 0 spiro atoms. The van der Waals surface area contributed by atoms with Crippen molar-refractivity contribution in [3.05, 3.63) is 69.8 Å². The van der Waals surface area contributed by atoms with E-state index in [9.17, 15) is 10.1 Å². The van der Waals surface area contributed by atoms with Gasteiger partial charge in [-0.2, -0.15) is 0 Å². The van der Waals surface area contributed by atoms with Gasteiger partial charge in [-0.15, -0.1) is 0 Å². The van der Waals surface area contributed by atoms with Crippen molar-refractivity contribution in [2.24, 2.45) is 4.99 Å². The maximum Gasteiger partial charge on any atom is 0.269 e. The van der Waals surface area contributed by atoms with E-state index in [1.807, 2.05) is 0 Å². The van der Waals surface area contributed by atoms with E-state index in [-0.39, 0.29) is 11.2 Å². The van der Waals surface area contributed by atoms with E-state index in [4.69, 9.17) is 0 Å². The Balaban J connectivity index is 1.89. The molecule has 0 bridgehead atoms. The number of nitrogens with zero attached hydrogens (tertiary/aromatic N) is 3. The van der Waals surface area contributed by atoms with Gasteiger partial charge >= 0.3 is 0 Å². The maximum atomic E-state index is 10.7. The summed E-state index contributed by atoms with van der Waals surface area (Å²) in [5.41, 5.74) is 5.49. The van der Waals surface area contributed by atoms with E-state index in [1.54, 1.807) is 18.3 Å². The Labute approximate surface area is 153 Å². The molecular formula is C21H23N3O2. The minimum atomic E-state index is -0.410. The Morgan fingerprint density at radius 1 is 1.19 bits per heavy atom. The molecule has 0 saturated heterocycles. The van der Waals surface area contributed by atoms with Gasteiger partial charge in [0.05, 0.1) is 16.1 Å². The maximum absolute atomic E-state index is 10.7. The molecule has 134 valence electrons. The first-order valence-electron chi connectivity index (χ1n) is 8.72. The summed E-state index contributed by atoms with van der Waals surface area (Å²) in [6, 6.07) is 12.6. The van der Waals surface area contributed by atoms with Crippen LogP contribution >= 0.6 is 0 Å². The molecule has 1 aliphatic heterocycles. The number of allylic oxidation sites excluding steroid dienone is 1. The van der Waals surface area contributed by atoms with Crippen molar-refractivity contribution in [2.75, 3.05) is 11.4 Å². The lowest BCUT2D eigenvalue weighted by Gasteiger charge is -2.42. The van der Waals surface area contributed by atoms with Gasteiger partial charge in [0.2, 0.25) is 0 Å². The zero-order valence-corrected chi connectivity index (χ0v) is 15.6. The highest BCUT2D eigenvalue weighted by Gasteiger charge is 2.29. The van der Waals surface area contributed by atoms with E-state index < -0.39 is 4.92 Å². The van der Waals surface area contributed by atoms with Crippen molar-refractivity contribution in [3.8, 4) is 0 Å². The Morgan fingerprint density at radius 2 is 1.88 bits per heavy atom. The summed E-state index contributed by atoms with van der Waals surface area (Å²) < 4.78 is 0. The lowest BCUT2D eigenvalue weighted by atomic mass is 9.88. The third-order valence-electron chi connectivity index (χ3n) is 4.74. The molecule has 1 heterocycles. The molecule has 2 aromatic carbocycles. The monoisotopic (exact) mass is 349 g/mol. The van der Waals surface area contributed by atoms with E-state index in [1.165, 1.54) is 29.0 Å². The molecule has 26 heavy (non-hydrogen) atoms. The first-order valence-corrected chi connectivity index (χ1v) is 8.72. The van der Waals surface area contributed by atoms with Crippen LogP contribution in [0.4, 0.5) is 17.1 Å². The number of nitro benzene ring substituents is 1. The fourth-order valence-corrected chi connectivity index (χ4v) is 3.57. The van der Waals surface area contributed by atoms with Gasteiger partial charge < -0.3 is 4.90 Å². The van der Waals surface area contributed by atoms with Crippen molar-refractivity contribution in [1.29, 1.82) is 0 Å². The lowest BCUT2D eigenvalue weighted by molar-refractivity contribution is -0.384. The smallest absolute Gasteiger partial charge is 0.269 e. The van der Waals surface area contributed by atoms with Crippen LogP contribution in [0.1, 0.15) is 38.8 Å². The van der Waals surface area contributed by atoms with Crippen LogP contribution in [0.2, 0.25) is 0 Å². The van der Waals surface area contributed by atoms with E-state index in [0.29, 0.717) is 5.69 Å². The minimum Gasteiger partial charge on any atom is -0.363 e. The number of fused-ring (bicyclic) bond motifs is 1. The van der Waals surface area contributed by atoms with Crippen LogP contribution in [0.15, 0.2) is 53.5 Å². The van der Waals surface area contributed by atoms with Gasteiger partial charge in [-0.1, -0.05) is 12.1 Å². The number of rotatable bonds is 4. The minimum absolute atomic E-state index is 0.000193. The lowest BCUT2D eigenvalue weighted by Crippen LogP contribution is -2.44. The molecule has 0 N–H and O–H groups in total. The first kappa shape index (κ1) is 17.9. The zero-order valence-electron chi connectivity index (χ0n) is 15.6. The fraction of sp³-hybridized carbons (Fsp3) is 0.286. The number of benzene rings is 2. The summed E-state index contributed by atoms with van der Waals surface area (Å²) in [6.45, 7) is 9.72. The van der Waals surface area contributed by atoms with Crippen LogP contribution in [0.5, 0.6) is 0 Å². The van der Waals surface area contributed by atoms with Gasteiger partial charge in [0, 0.05) is 36.1 Å². The molecule has 3 rings (SSSR count). The Bertz CT molecular complexity index is 896. The summed E-state index contributed by atoms with van der Waals surface area (Å²) in [6.07, 6.45) is 4.10. The number of aliphatic imine (C=N–C) groups is 1. The fourth-order valence-electron chi connectivity index (χ4n) is 3.57. The zero-order chi connectivity index (χ0) is 18.9. The first-order chi connectivity index (χ1) is 12.3. The number of anilines is 1. The standard InChI is InChI=1S/C21H23N3O2/c1-5-23-20-11-6-16(12-19(20)15(2)13-21(23,3)4)14-22-17-7-9-18(10-8-17)24(25)26/h6-14H,5H2,1-4H3. The van der Waals surface area contributed by atoms with E-state index in [0.717, 1.165) is 12.1 Å². The molecule has 0 amide bonds. The van der Waals surface area contributed by atoms with Gasteiger partial charge in [-0.25, -0.2) is 0 Å². The average Bonchev–Trinajstić information content (AvgIpc) is 2.60. The summed E-state index contributed by atoms with van der Waals surface area (Å²) >= 11 is 0. The van der Waals surface area contributed by atoms with Crippen molar-refractivity contribution < 1.29 is 4.92 Å². The predicted molar refractivity (Wildman–Crippen MR) is 108 cm³/mol. The van der Waals surface area contributed by atoms with Gasteiger partial charge in [0.25, 0.3) is 5.69 Å². The molecule has 5 heteroatoms. The highest BCUT2D eigenvalue weighted by atomic mass is 16.6. The van der Waals surface area contributed by atoms with Crippen LogP contribution in [-0.4, -0.2) is 23.2 Å². The molecule has 0 radical (unpaired) electrons. The van der Waals surface area contributed by atoms with E-state index >= 15 is 0 Å². The molecule has 0 unspecified atom stereocenters. The molecule has 0 aliphatic carbocycles. The molecule has 0 aromatic heterocycles. The van der Waals surface area contributed by atoms with Gasteiger partial charge in [0.15, 0.2) is 0 Å². The normalized spacial score (nSPS) is 15.7. The molecule has 1 aliphatic rings. The molecule has 0 atom stereocenters. The van der Waals surface area contributed by atoms with Gasteiger partial charge in [-0.05, 0) is 63.1 Å². The Hall–Kier alpha value is -2.95. The second-order valence-corrected chi connectivity index (χ2v) is 7.03. The number of non-ortho nitro benzene ring substituents is 1. The average molecular weight is 349 g/mol. The van der Waals surface area contributed by atoms with Crippen LogP contribution in [0, 0.1) is 10.1 Å². The SMILES string of the molecule is CCN1c2ccc(C=Nc3ccc([N+](=O)[O-])cc3)cc2C(C)=CC1(C)C. The van der Waals surface area contributed by atoms with Crippen molar-refractivity contribution in [2.45, 2.75) is 33.2 Å². The quantitative estimate of drug-likeness (QED) is 0.424. The van der Waals surface area contributed by atoms with E-state index in [2.05, 4.69) is 61.9 Å². The van der Waals surface area contributed by atoms with Crippen LogP contribution in [0.25, 0.3) is 5.57 Å². The molecule has 0 saturated carbocycles. The summed E-state index contributed by atoms with van der Waals surface area (Å²) in [5.74, 6) is 0. The molecule has 2 aromatic rings. The number of likely N-dealkylation sites (N-methyl/N-ethyl adjacent to an activating group) is 1. The van der Waals surface area contributed by atoms with Gasteiger partial charge in [-0.3, -0.25) is 15.1 Å². The molecular weight excluding hydrogens is 326 g/mol. The predicted octanol–water partition coefficient (Wildman–Crippen LogP) is 5.37. The number of hydrogen-bond acceptors (Lipinski definition) is 4. The highest BCUT2D eigenvalue weighted by Crippen LogP contribution is 2.38. The third kappa shape index (κ3) is 3.38.